The van der Waals surface area contributed by atoms with Crippen LogP contribution in [-0.2, 0) is 0 Å². The lowest BCUT2D eigenvalue weighted by Crippen LogP contribution is -2.24. The van der Waals surface area contributed by atoms with Crippen LogP contribution < -0.4 is 4.74 Å². The van der Waals surface area contributed by atoms with Crippen LogP contribution in [0, 0.1) is 5.92 Å². The summed E-state index contributed by atoms with van der Waals surface area (Å²) in [5.41, 5.74) is 0.924. The van der Waals surface area contributed by atoms with E-state index in [9.17, 15) is 10.2 Å². The Hall–Kier alpha value is -1.06. The van der Waals surface area contributed by atoms with E-state index in [1.165, 1.54) is 0 Å². The molecule has 3 atom stereocenters. The maximum absolute atomic E-state index is 10.0. The molecule has 1 saturated carbocycles. The first-order valence-electron chi connectivity index (χ1n) is 7.78. The maximum Gasteiger partial charge on any atom is 0.119 e. The molecule has 0 amide bonds. The van der Waals surface area contributed by atoms with Gasteiger partial charge in [-0.05, 0) is 49.3 Å². The lowest BCUT2D eigenvalue weighted by Gasteiger charge is -2.25. The topological polar surface area (TPSA) is 49.7 Å². The average Bonchev–Trinajstić information content (AvgIpc) is 2.46. The number of aliphatic hydroxyl groups is 2. The molecule has 2 rings (SSSR count). The zero-order valence-electron chi connectivity index (χ0n) is 12.3. The van der Waals surface area contributed by atoms with E-state index in [1.807, 2.05) is 24.3 Å². The molecule has 1 aliphatic rings. The van der Waals surface area contributed by atoms with Crippen LogP contribution in [0.4, 0.5) is 0 Å². The fraction of sp³-hybridized carbons (Fsp3) is 0.647. The fourth-order valence-electron chi connectivity index (χ4n) is 2.88. The Morgan fingerprint density at radius 2 is 2.20 bits per heavy atom. The highest BCUT2D eigenvalue weighted by atomic mass is 16.5. The largest absolute Gasteiger partial charge is 0.493 e. The van der Waals surface area contributed by atoms with Crippen LogP contribution in [0.2, 0.25) is 0 Å². The Morgan fingerprint density at radius 1 is 1.35 bits per heavy atom. The molecule has 1 aromatic rings. The van der Waals surface area contributed by atoms with E-state index in [4.69, 9.17) is 4.74 Å². The first-order chi connectivity index (χ1) is 9.69. The van der Waals surface area contributed by atoms with Crippen LogP contribution in [0.3, 0.4) is 0 Å². The molecule has 0 bridgehead atoms. The molecule has 3 nitrogen and oxygen atoms in total. The molecule has 20 heavy (non-hydrogen) atoms. The Kier molecular flexibility index (Phi) is 5.86. The van der Waals surface area contributed by atoms with Gasteiger partial charge in [0.1, 0.15) is 5.75 Å². The van der Waals surface area contributed by atoms with E-state index in [0.717, 1.165) is 49.8 Å². The predicted molar refractivity (Wildman–Crippen MR) is 79.8 cm³/mol. The summed E-state index contributed by atoms with van der Waals surface area (Å²) in [5.74, 6) is 1.26. The Labute approximate surface area is 121 Å². The van der Waals surface area contributed by atoms with Crippen molar-refractivity contribution >= 4 is 0 Å². The zero-order chi connectivity index (χ0) is 14.4. The van der Waals surface area contributed by atoms with Crippen molar-refractivity contribution in [2.75, 3.05) is 6.61 Å². The van der Waals surface area contributed by atoms with Gasteiger partial charge in [-0.1, -0.05) is 31.9 Å². The van der Waals surface area contributed by atoms with E-state index >= 15 is 0 Å². The number of hydrogen-bond donors (Lipinski definition) is 2. The lowest BCUT2D eigenvalue weighted by molar-refractivity contribution is 0.0808. The SMILES string of the molecule is CCC[C@@H](O)c1cccc(OC[C@H]2CCC[C@H](O)C2)c1. The third kappa shape index (κ3) is 4.50. The van der Waals surface area contributed by atoms with E-state index in [1.54, 1.807) is 0 Å². The van der Waals surface area contributed by atoms with Crippen molar-refractivity contribution in [1.82, 2.24) is 0 Å². The second kappa shape index (κ2) is 7.65. The molecule has 1 aliphatic carbocycles. The third-order valence-corrected chi connectivity index (χ3v) is 4.05. The first kappa shape index (κ1) is 15.3. The van der Waals surface area contributed by atoms with Gasteiger partial charge in [0.05, 0.1) is 18.8 Å². The molecule has 0 heterocycles. The van der Waals surface area contributed by atoms with Gasteiger partial charge in [0.2, 0.25) is 0 Å². The van der Waals surface area contributed by atoms with Crippen LogP contribution in [0.1, 0.15) is 57.1 Å². The maximum atomic E-state index is 10.0. The van der Waals surface area contributed by atoms with Crippen molar-refractivity contribution in [2.24, 2.45) is 5.92 Å². The van der Waals surface area contributed by atoms with Crippen molar-refractivity contribution in [3.8, 4) is 5.75 Å². The standard InChI is InChI=1S/C17H26O3/c1-2-5-17(19)14-7-4-9-16(11-14)20-12-13-6-3-8-15(18)10-13/h4,7,9,11,13,15,17-19H,2-3,5-6,8,10,12H2,1H3/t13-,15-,17+/m0/s1. The number of ether oxygens (including phenoxy) is 1. The zero-order valence-corrected chi connectivity index (χ0v) is 12.3. The molecule has 1 fully saturated rings. The average molecular weight is 278 g/mol. The van der Waals surface area contributed by atoms with Gasteiger partial charge < -0.3 is 14.9 Å². The minimum atomic E-state index is -0.403. The summed E-state index contributed by atoms with van der Waals surface area (Å²) >= 11 is 0. The second-order valence-electron chi connectivity index (χ2n) is 5.87. The van der Waals surface area contributed by atoms with Gasteiger partial charge in [-0.25, -0.2) is 0 Å². The normalized spacial score (nSPS) is 24.4. The van der Waals surface area contributed by atoms with Crippen LogP contribution in [-0.4, -0.2) is 22.9 Å². The predicted octanol–water partition coefficient (Wildman–Crippen LogP) is 3.45. The fourth-order valence-corrected chi connectivity index (χ4v) is 2.88. The van der Waals surface area contributed by atoms with Gasteiger partial charge in [-0.15, -0.1) is 0 Å². The first-order valence-corrected chi connectivity index (χ1v) is 7.78. The molecular weight excluding hydrogens is 252 g/mol. The van der Waals surface area contributed by atoms with E-state index in [0.29, 0.717) is 12.5 Å². The van der Waals surface area contributed by atoms with Crippen molar-refractivity contribution in [3.63, 3.8) is 0 Å². The summed E-state index contributed by atoms with van der Waals surface area (Å²) in [5, 5.41) is 19.7. The monoisotopic (exact) mass is 278 g/mol. The number of hydrogen-bond acceptors (Lipinski definition) is 3. The summed E-state index contributed by atoms with van der Waals surface area (Å²) in [6.45, 7) is 2.72. The Balaban J connectivity index is 1.87. The van der Waals surface area contributed by atoms with Gasteiger partial charge in [0.15, 0.2) is 0 Å². The van der Waals surface area contributed by atoms with Crippen LogP contribution in [0.15, 0.2) is 24.3 Å². The third-order valence-electron chi connectivity index (χ3n) is 4.05. The van der Waals surface area contributed by atoms with Crippen LogP contribution in [0.5, 0.6) is 5.75 Å². The van der Waals surface area contributed by atoms with Crippen molar-refractivity contribution in [3.05, 3.63) is 29.8 Å². The van der Waals surface area contributed by atoms with Gasteiger partial charge in [0.25, 0.3) is 0 Å². The molecule has 0 spiro atoms. The Morgan fingerprint density at radius 3 is 2.95 bits per heavy atom. The molecule has 3 heteroatoms. The van der Waals surface area contributed by atoms with Crippen molar-refractivity contribution in [2.45, 2.75) is 57.7 Å². The Bertz CT molecular complexity index is 405. The summed E-state index contributed by atoms with van der Waals surface area (Å²) < 4.78 is 5.84. The summed E-state index contributed by atoms with van der Waals surface area (Å²) in [4.78, 5) is 0. The lowest BCUT2D eigenvalue weighted by atomic mass is 9.88. The molecule has 0 unspecified atom stereocenters. The highest BCUT2D eigenvalue weighted by Gasteiger charge is 2.20. The summed E-state index contributed by atoms with van der Waals surface area (Å²) in [6.07, 6.45) is 5.17. The van der Waals surface area contributed by atoms with Crippen LogP contribution >= 0.6 is 0 Å². The van der Waals surface area contributed by atoms with Crippen molar-refractivity contribution in [1.29, 1.82) is 0 Å². The number of rotatable bonds is 6. The molecule has 0 radical (unpaired) electrons. The molecular formula is C17H26O3. The van der Waals surface area contributed by atoms with Gasteiger partial charge in [0, 0.05) is 0 Å². The van der Waals surface area contributed by atoms with E-state index in [2.05, 4.69) is 6.92 Å². The number of benzene rings is 1. The van der Waals surface area contributed by atoms with Crippen LogP contribution in [0.25, 0.3) is 0 Å². The second-order valence-corrected chi connectivity index (χ2v) is 5.87. The van der Waals surface area contributed by atoms with Gasteiger partial charge in [-0.3, -0.25) is 0 Å². The number of aliphatic hydroxyl groups excluding tert-OH is 2. The highest BCUT2D eigenvalue weighted by Crippen LogP contribution is 2.26. The molecule has 0 saturated heterocycles. The quantitative estimate of drug-likeness (QED) is 0.838. The van der Waals surface area contributed by atoms with Crippen molar-refractivity contribution < 1.29 is 14.9 Å². The summed E-state index contributed by atoms with van der Waals surface area (Å²) in [7, 11) is 0. The van der Waals surface area contributed by atoms with E-state index in [-0.39, 0.29) is 6.10 Å². The minimum absolute atomic E-state index is 0.157. The van der Waals surface area contributed by atoms with Gasteiger partial charge in [-0.2, -0.15) is 0 Å². The molecule has 0 aliphatic heterocycles. The minimum Gasteiger partial charge on any atom is -0.493 e. The van der Waals surface area contributed by atoms with E-state index < -0.39 is 6.10 Å². The molecule has 1 aromatic carbocycles. The molecule has 2 N–H and O–H groups in total. The molecule has 0 aromatic heterocycles. The summed E-state index contributed by atoms with van der Waals surface area (Å²) in [6, 6.07) is 7.73. The van der Waals surface area contributed by atoms with Gasteiger partial charge >= 0.3 is 0 Å². The highest BCUT2D eigenvalue weighted by molar-refractivity contribution is 5.29. The molecule has 112 valence electrons. The smallest absolute Gasteiger partial charge is 0.119 e.